The lowest BCUT2D eigenvalue weighted by Gasteiger charge is -2.06. The molecule has 2 aromatic heterocycles. The number of fused-ring (bicyclic) bond motifs is 2. The zero-order valence-corrected chi connectivity index (χ0v) is 13.1. The van der Waals surface area contributed by atoms with E-state index in [0.717, 1.165) is 36.8 Å². The van der Waals surface area contributed by atoms with Crippen molar-refractivity contribution >= 4 is 33.3 Å². The second-order valence-electron chi connectivity index (χ2n) is 5.54. The number of thiazole rings is 1. The van der Waals surface area contributed by atoms with Gasteiger partial charge in [0.15, 0.2) is 5.13 Å². The Hall–Kier alpha value is -2.47. The number of benzene rings is 1. The molecule has 4 rings (SSSR count). The molecule has 0 bridgehead atoms. The number of nitrogens with zero attached hydrogens (tertiary/aromatic N) is 1. The van der Waals surface area contributed by atoms with Gasteiger partial charge in [0.2, 0.25) is 0 Å². The molecule has 116 valence electrons. The summed E-state index contributed by atoms with van der Waals surface area (Å²) in [7, 11) is 0. The molecular formula is C17H14N2O3S. The van der Waals surface area contributed by atoms with Gasteiger partial charge in [0.05, 0.1) is 5.69 Å². The molecule has 0 spiro atoms. The number of carbonyl (C=O) groups excluding carboxylic acids is 1. The van der Waals surface area contributed by atoms with Crippen LogP contribution in [0.5, 0.6) is 0 Å². The summed E-state index contributed by atoms with van der Waals surface area (Å²) >= 11 is 1.49. The second kappa shape index (κ2) is 5.62. The normalized spacial score (nSPS) is 13.7. The topological polar surface area (TPSA) is 72.2 Å². The van der Waals surface area contributed by atoms with E-state index in [4.69, 9.17) is 4.42 Å². The number of aryl methyl sites for hydroxylation is 2. The van der Waals surface area contributed by atoms with Crippen LogP contribution in [-0.2, 0) is 12.8 Å². The first-order chi connectivity index (χ1) is 11.2. The number of rotatable bonds is 2. The van der Waals surface area contributed by atoms with Crippen molar-refractivity contribution in [1.29, 1.82) is 0 Å². The summed E-state index contributed by atoms with van der Waals surface area (Å²) in [6.45, 7) is 0. The molecule has 3 aromatic rings. The van der Waals surface area contributed by atoms with Gasteiger partial charge in [0, 0.05) is 10.3 Å². The predicted molar refractivity (Wildman–Crippen MR) is 89.2 cm³/mol. The Morgan fingerprint density at radius 1 is 1.22 bits per heavy atom. The number of nitrogens with one attached hydrogen (secondary N) is 1. The van der Waals surface area contributed by atoms with E-state index in [-0.39, 0.29) is 5.56 Å². The lowest BCUT2D eigenvalue weighted by molar-refractivity contribution is 0.102. The van der Waals surface area contributed by atoms with E-state index in [9.17, 15) is 9.59 Å². The summed E-state index contributed by atoms with van der Waals surface area (Å²) in [5.74, 6) is -0.476. The molecule has 5 nitrogen and oxygen atoms in total. The van der Waals surface area contributed by atoms with Crippen LogP contribution in [0, 0.1) is 0 Å². The van der Waals surface area contributed by atoms with Gasteiger partial charge in [-0.05, 0) is 37.8 Å². The van der Waals surface area contributed by atoms with Crippen molar-refractivity contribution in [1.82, 2.24) is 4.98 Å². The summed E-state index contributed by atoms with van der Waals surface area (Å²) in [6, 6.07) is 8.68. The lowest BCUT2D eigenvalue weighted by Crippen LogP contribution is -2.20. The maximum atomic E-state index is 12.4. The molecule has 1 amide bonds. The van der Waals surface area contributed by atoms with Gasteiger partial charge < -0.3 is 4.42 Å². The fraction of sp³-hybridized carbons (Fsp3) is 0.235. The van der Waals surface area contributed by atoms with Gasteiger partial charge in [-0.1, -0.05) is 18.2 Å². The highest BCUT2D eigenvalue weighted by Gasteiger charge is 2.19. The molecule has 2 heterocycles. The molecule has 0 atom stereocenters. The predicted octanol–water partition coefficient (Wildman–Crippen LogP) is 3.38. The summed E-state index contributed by atoms with van der Waals surface area (Å²) in [4.78, 5) is 30.1. The van der Waals surface area contributed by atoms with E-state index >= 15 is 0 Å². The maximum absolute atomic E-state index is 12.4. The van der Waals surface area contributed by atoms with Gasteiger partial charge in [0.25, 0.3) is 5.91 Å². The summed E-state index contributed by atoms with van der Waals surface area (Å²) < 4.78 is 5.20. The van der Waals surface area contributed by atoms with E-state index in [1.807, 2.05) is 6.07 Å². The molecule has 0 aliphatic heterocycles. The quantitative estimate of drug-likeness (QED) is 0.733. The molecule has 1 aliphatic rings. The molecular weight excluding hydrogens is 312 g/mol. The van der Waals surface area contributed by atoms with Crippen molar-refractivity contribution in [2.45, 2.75) is 25.7 Å². The first-order valence-electron chi connectivity index (χ1n) is 7.53. The molecule has 1 aromatic carbocycles. The Morgan fingerprint density at radius 3 is 2.91 bits per heavy atom. The minimum absolute atomic E-state index is 0.00290. The highest BCUT2D eigenvalue weighted by atomic mass is 32.1. The summed E-state index contributed by atoms with van der Waals surface area (Å²) in [6.07, 6.45) is 4.27. The van der Waals surface area contributed by atoms with Crippen LogP contribution in [-0.4, -0.2) is 10.9 Å². The Kier molecular flexibility index (Phi) is 3.46. The van der Waals surface area contributed by atoms with E-state index in [1.165, 1.54) is 16.2 Å². The van der Waals surface area contributed by atoms with Gasteiger partial charge in [-0.2, -0.15) is 0 Å². The van der Waals surface area contributed by atoms with Crippen molar-refractivity contribution < 1.29 is 9.21 Å². The first kappa shape index (κ1) is 14.1. The molecule has 0 fully saturated rings. The van der Waals surface area contributed by atoms with Gasteiger partial charge in [0.1, 0.15) is 11.1 Å². The zero-order chi connectivity index (χ0) is 15.8. The molecule has 0 unspecified atom stereocenters. The largest absolute Gasteiger partial charge is 0.422 e. The van der Waals surface area contributed by atoms with Crippen molar-refractivity contribution in [3.05, 3.63) is 56.9 Å². The first-order valence-corrected chi connectivity index (χ1v) is 8.35. The van der Waals surface area contributed by atoms with Crippen molar-refractivity contribution in [3.8, 4) is 0 Å². The third-order valence-electron chi connectivity index (χ3n) is 3.95. The zero-order valence-electron chi connectivity index (χ0n) is 12.3. The van der Waals surface area contributed by atoms with Crippen LogP contribution in [0.2, 0.25) is 0 Å². The average molecular weight is 326 g/mol. The molecule has 0 saturated carbocycles. The van der Waals surface area contributed by atoms with Crippen LogP contribution >= 0.6 is 11.3 Å². The highest BCUT2D eigenvalue weighted by molar-refractivity contribution is 7.15. The Labute approximate surface area is 136 Å². The van der Waals surface area contributed by atoms with Gasteiger partial charge in [-0.15, -0.1) is 11.3 Å². The Balaban J connectivity index is 1.65. The minimum Gasteiger partial charge on any atom is -0.422 e. The number of hydrogen-bond donors (Lipinski definition) is 1. The molecule has 1 aliphatic carbocycles. The second-order valence-corrected chi connectivity index (χ2v) is 6.62. The van der Waals surface area contributed by atoms with Crippen molar-refractivity contribution in [2.24, 2.45) is 0 Å². The minimum atomic E-state index is -0.637. The number of anilines is 1. The van der Waals surface area contributed by atoms with Gasteiger partial charge in [-0.3, -0.25) is 10.1 Å². The van der Waals surface area contributed by atoms with E-state index in [0.29, 0.717) is 10.7 Å². The Morgan fingerprint density at radius 2 is 2.04 bits per heavy atom. The van der Waals surface area contributed by atoms with E-state index in [1.54, 1.807) is 24.3 Å². The molecule has 23 heavy (non-hydrogen) atoms. The summed E-state index contributed by atoms with van der Waals surface area (Å²) in [5.41, 5.74) is 0.903. The van der Waals surface area contributed by atoms with Crippen LogP contribution in [0.3, 0.4) is 0 Å². The number of aromatic nitrogens is 1. The number of carbonyl (C=O) groups is 1. The van der Waals surface area contributed by atoms with Crippen LogP contribution < -0.4 is 10.9 Å². The van der Waals surface area contributed by atoms with Crippen LogP contribution in [0.15, 0.2) is 39.5 Å². The summed E-state index contributed by atoms with van der Waals surface area (Å²) in [5, 5.41) is 4.00. The fourth-order valence-electron chi connectivity index (χ4n) is 2.79. The lowest BCUT2D eigenvalue weighted by atomic mass is 10.0. The van der Waals surface area contributed by atoms with Crippen LogP contribution in [0.1, 0.15) is 33.8 Å². The molecule has 0 radical (unpaired) electrons. The van der Waals surface area contributed by atoms with Crippen molar-refractivity contribution in [2.75, 3.05) is 5.32 Å². The molecule has 0 saturated heterocycles. The molecule has 1 N–H and O–H groups in total. The van der Waals surface area contributed by atoms with E-state index in [2.05, 4.69) is 10.3 Å². The van der Waals surface area contributed by atoms with Crippen molar-refractivity contribution in [3.63, 3.8) is 0 Å². The number of para-hydroxylation sites is 1. The molecule has 6 heteroatoms. The van der Waals surface area contributed by atoms with Crippen LogP contribution in [0.4, 0.5) is 5.13 Å². The number of amides is 1. The average Bonchev–Trinajstić information content (AvgIpc) is 2.96. The third kappa shape index (κ3) is 2.66. The van der Waals surface area contributed by atoms with Crippen LogP contribution in [0.25, 0.3) is 11.0 Å². The number of hydrogen-bond acceptors (Lipinski definition) is 5. The smallest absolute Gasteiger partial charge is 0.349 e. The maximum Gasteiger partial charge on any atom is 0.349 e. The Bertz CT molecular complexity index is 934. The van der Waals surface area contributed by atoms with Gasteiger partial charge >= 0.3 is 5.63 Å². The fourth-order valence-corrected chi connectivity index (χ4v) is 3.84. The SMILES string of the molecule is O=C(Nc1nc2c(s1)CCCC2)c1cc2ccccc2oc1=O. The third-order valence-corrected chi connectivity index (χ3v) is 5.03. The van der Waals surface area contributed by atoms with Gasteiger partial charge in [-0.25, -0.2) is 9.78 Å². The van der Waals surface area contributed by atoms with E-state index < -0.39 is 11.5 Å². The highest BCUT2D eigenvalue weighted by Crippen LogP contribution is 2.29. The standard InChI is InChI=1S/C17H14N2O3S/c20-15(19-17-18-12-6-2-4-8-14(12)23-17)11-9-10-5-1-3-7-13(10)22-16(11)21/h1,3,5,7,9H,2,4,6,8H2,(H,18,19,20). The monoisotopic (exact) mass is 326 g/mol.